The van der Waals surface area contributed by atoms with Crippen molar-refractivity contribution in [3.8, 4) is 0 Å². The van der Waals surface area contributed by atoms with Crippen LogP contribution in [-0.2, 0) is 17.9 Å². The van der Waals surface area contributed by atoms with Crippen LogP contribution in [0.5, 0.6) is 0 Å². The van der Waals surface area contributed by atoms with Gasteiger partial charge in [-0.25, -0.2) is 18.2 Å². The van der Waals surface area contributed by atoms with E-state index in [1.807, 2.05) is 11.8 Å². The second kappa shape index (κ2) is 8.56. The molecule has 1 aliphatic rings. The quantitative estimate of drug-likeness (QED) is 0.784. The van der Waals surface area contributed by atoms with Gasteiger partial charge in [-0.15, -0.1) is 0 Å². The van der Waals surface area contributed by atoms with Gasteiger partial charge in [0.15, 0.2) is 11.6 Å². The van der Waals surface area contributed by atoms with E-state index in [4.69, 9.17) is 0 Å². The molecule has 0 atom stereocenters. The van der Waals surface area contributed by atoms with E-state index in [1.54, 1.807) is 17.0 Å². The van der Waals surface area contributed by atoms with Gasteiger partial charge in [-0.05, 0) is 44.8 Å². The average molecular weight is 380 g/mol. The Morgan fingerprint density at radius 3 is 2.56 bits per heavy atom. The van der Waals surface area contributed by atoms with E-state index in [2.05, 4.69) is 10.3 Å². The number of carbonyl (C=O) groups excluding carboxylic acids is 1. The number of imidazole rings is 1. The second-order valence-corrected chi connectivity index (χ2v) is 6.98. The van der Waals surface area contributed by atoms with Crippen LogP contribution in [0.25, 0.3) is 0 Å². The van der Waals surface area contributed by atoms with Crippen LogP contribution >= 0.6 is 0 Å². The maximum Gasteiger partial charge on any atom is 0.239 e. The molecule has 8 heteroatoms. The van der Waals surface area contributed by atoms with Crippen molar-refractivity contribution in [1.29, 1.82) is 0 Å². The smallest absolute Gasteiger partial charge is 0.239 e. The van der Waals surface area contributed by atoms with Crippen molar-refractivity contribution in [2.45, 2.75) is 32.9 Å². The highest BCUT2D eigenvalue weighted by Gasteiger charge is 2.21. The van der Waals surface area contributed by atoms with Gasteiger partial charge < -0.3 is 9.88 Å². The molecule has 1 fully saturated rings. The van der Waals surface area contributed by atoms with Crippen LogP contribution in [0, 0.1) is 30.3 Å². The van der Waals surface area contributed by atoms with E-state index < -0.39 is 17.5 Å². The zero-order valence-corrected chi connectivity index (χ0v) is 15.2. The summed E-state index contributed by atoms with van der Waals surface area (Å²) in [6.45, 7) is 4.39. The number of amides is 1. The Morgan fingerprint density at radius 1 is 1.19 bits per heavy atom. The number of carbonyl (C=O) groups is 1. The lowest BCUT2D eigenvalue weighted by Gasteiger charge is -2.32. The van der Waals surface area contributed by atoms with Gasteiger partial charge in [-0.2, -0.15) is 0 Å². The number of likely N-dealkylation sites (tertiary alicyclic amines) is 1. The van der Waals surface area contributed by atoms with Gasteiger partial charge in [-0.3, -0.25) is 9.69 Å². The molecule has 1 saturated heterocycles. The number of aryl methyl sites for hydroxylation is 1. The van der Waals surface area contributed by atoms with E-state index in [-0.39, 0.29) is 24.6 Å². The third-order valence-corrected chi connectivity index (χ3v) is 5.02. The lowest BCUT2D eigenvalue weighted by atomic mass is 9.96. The first-order valence-corrected chi connectivity index (χ1v) is 9.02. The second-order valence-electron chi connectivity index (χ2n) is 6.98. The van der Waals surface area contributed by atoms with Crippen molar-refractivity contribution >= 4 is 5.91 Å². The minimum atomic E-state index is -1.17. The number of nitrogens with zero attached hydrogens (tertiary/aromatic N) is 3. The van der Waals surface area contributed by atoms with Crippen LogP contribution in [0.1, 0.15) is 24.2 Å². The molecule has 0 aliphatic carbocycles. The molecule has 1 N–H and O–H groups in total. The predicted molar refractivity (Wildman–Crippen MR) is 94.3 cm³/mol. The van der Waals surface area contributed by atoms with Crippen molar-refractivity contribution in [1.82, 2.24) is 19.8 Å². The molecule has 5 nitrogen and oxygen atoms in total. The summed E-state index contributed by atoms with van der Waals surface area (Å²) in [7, 11) is 0. The van der Waals surface area contributed by atoms with Crippen molar-refractivity contribution in [2.75, 3.05) is 19.6 Å². The van der Waals surface area contributed by atoms with Gasteiger partial charge in [0.25, 0.3) is 0 Å². The van der Waals surface area contributed by atoms with Gasteiger partial charge in [0.1, 0.15) is 18.2 Å². The molecule has 0 radical (unpaired) electrons. The summed E-state index contributed by atoms with van der Waals surface area (Å²) in [5.74, 6) is -1.83. The van der Waals surface area contributed by atoms with E-state index in [9.17, 15) is 18.0 Å². The Morgan fingerprint density at radius 2 is 1.89 bits per heavy atom. The van der Waals surface area contributed by atoms with Gasteiger partial charge in [0.05, 0.1) is 0 Å². The summed E-state index contributed by atoms with van der Waals surface area (Å²) in [6, 6.07) is 1.52. The summed E-state index contributed by atoms with van der Waals surface area (Å²) in [5, 5.41) is 2.95. The summed E-state index contributed by atoms with van der Waals surface area (Å²) >= 11 is 0. The topological polar surface area (TPSA) is 50.2 Å². The van der Waals surface area contributed by atoms with Crippen LogP contribution in [0.15, 0.2) is 24.5 Å². The monoisotopic (exact) mass is 380 g/mol. The molecule has 0 saturated carbocycles. The average Bonchev–Trinajstić information content (AvgIpc) is 3.04. The standard InChI is InChI=1S/C19H23F3N4O/c1-13-23-4-7-26(13)12-19(27)24-10-14-2-5-25(6-3-14)11-15-8-17(21)18(22)9-16(15)20/h4,7-9,14H,2-3,5-6,10-12H2,1H3,(H,24,27). The molecular formula is C19H23F3N4O. The fourth-order valence-corrected chi connectivity index (χ4v) is 3.31. The molecule has 2 aromatic rings. The summed E-state index contributed by atoms with van der Waals surface area (Å²) in [5.41, 5.74) is 0.163. The van der Waals surface area contributed by atoms with Gasteiger partial charge in [0, 0.05) is 37.1 Å². The first-order chi connectivity index (χ1) is 12.9. The third kappa shape index (κ3) is 5.09. The predicted octanol–water partition coefficient (Wildman–Crippen LogP) is 2.64. The first-order valence-electron chi connectivity index (χ1n) is 9.02. The molecule has 0 unspecified atom stereocenters. The normalized spacial score (nSPS) is 15.9. The number of rotatable bonds is 6. The fraction of sp³-hybridized carbons (Fsp3) is 0.474. The highest BCUT2D eigenvalue weighted by molar-refractivity contribution is 5.75. The summed E-state index contributed by atoms with van der Waals surface area (Å²) in [4.78, 5) is 18.1. The molecule has 1 amide bonds. The highest BCUT2D eigenvalue weighted by atomic mass is 19.2. The van der Waals surface area contributed by atoms with Crippen molar-refractivity contribution in [3.63, 3.8) is 0 Å². The molecule has 1 aromatic heterocycles. The molecule has 1 aromatic carbocycles. The SMILES string of the molecule is Cc1nccn1CC(=O)NCC1CCN(Cc2cc(F)c(F)cc2F)CC1. The van der Waals surface area contributed by atoms with E-state index in [1.165, 1.54) is 0 Å². The van der Waals surface area contributed by atoms with E-state index in [0.717, 1.165) is 37.8 Å². The van der Waals surface area contributed by atoms with Gasteiger partial charge in [0.2, 0.25) is 5.91 Å². The zero-order chi connectivity index (χ0) is 19.4. The van der Waals surface area contributed by atoms with Crippen LogP contribution < -0.4 is 5.32 Å². The minimum absolute atomic E-state index is 0.0533. The highest BCUT2D eigenvalue weighted by Crippen LogP contribution is 2.21. The molecule has 3 rings (SSSR count). The molecule has 0 bridgehead atoms. The maximum absolute atomic E-state index is 13.8. The lowest BCUT2D eigenvalue weighted by molar-refractivity contribution is -0.121. The Labute approximate surface area is 156 Å². The maximum atomic E-state index is 13.8. The van der Waals surface area contributed by atoms with E-state index >= 15 is 0 Å². The number of piperidine rings is 1. The summed E-state index contributed by atoms with van der Waals surface area (Å²) < 4.78 is 41.9. The van der Waals surface area contributed by atoms with Crippen LogP contribution in [0.4, 0.5) is 13.2 Å². The van der Waals surface area contributed by atoms with Gasteiger partial charge in [-0.1, -0.05) is 0 Å². The number of hydrogen-bond acceptors (Lipinski definition) is 3. The van der Waals surface area contributed by atoms with Crippen molar-refractivity contribution in [3.05, 3.63) is 53.4 Å². The number of hydrogen-bond donors (Lipinski definition) is 1. The van der Waals surface area contributed by atoms with E-state index in [0.29, 0.717) is 18.5 Å². The molecule has 2 heterocycles. The number of halogens is 3. The molecule has 146 valence electrons. The molecule has 1 aliphatic heterocycles. The largest absolute Gasteiger partial charge is 0.354 e. The number of benzene rings is 1. The molecule has 0 spiro atoms. The third-order valence-electron chi connectivity index (χ3n) is 5.02. The van der Waals surface area contributed by atoms with Crippen LogP contribution in [-0.4, -0.2) is 40.0 Å². The molecule has 27 heavy (non-hydrogen) atoms. The van der Waals surface area contributed by atoms with Crippen LogP contribution in [0.2, 0.25) is 0 Å². The Balaban J connectivity index is 1.42. The number of nitrogens with one attached hydrogen (secondary N) is 1. The minimum Gasteiger partial charge on any atom is -0.354 e. The lowest BCUT2D eigenvalue weighted by Crippen LogP contribution is -2.39. The number of aromatic nitrogens is 2. The van der Waals surface area contributed by atoms with Gasteiger partial charge >= 0.3 is 0 Å². The first kappa shape index (κ1) is 19.4. The Kier molecular flexibility index (Phi) is 6.15. The Hall–Kier alpha value is -2.35. The fourth-order valence-electron chi connectivity index (χ4n) is 3.31. The van der Waals surface area contributed by atoms with Crippen molar-refractivity contribution < 1.29 is 18.0 Å². The zero-order valence-electron chi connectivity index (χ0n) is 15.2. The van der Waals surface area contributed by atoms with Crippen molar-refractivity contribution in [2.24, 2.45) is 5.92 Å². The van der Waals surface area contributed by atoms with Crippen LogP contribution in [0.3, 0.4) is 0 Å². The molecular weight excluding hydrogens is 357 g/mol. The summed E-state index contributed by atoms with van der Waals surface area (Å²) in [6.07, 6.45) is 5.14. The Bertz CT molecular complexity index is 800.